The largest absolute Gasteiger partial charge is 0.397 e. The molecule has 1 aromatic heterocycles. The molecule has 100 valence electrons. The maximum absolute atomic E-state index is 12.1. The van der Waals surface area contributed by atoms with Gasteiger partial charge in [-0.05, 0) is 18.9 Å². The highest BCUT2D eigenvalue weighted by Gasteiger charge is 2.12. The molecule has 1 rings (SSSR count). The number of rotatable bonds is 7. The lowest BCUT2D eigenvalue weighted by Gasteiger charge is -2.21. The third-order valence-electron chi connectivity index (χ3n) is 2.50. The first kappa shape index (κ1) is 14.8. The third kappa shape index (κ3) is 4.56. The van der Waals surface area contributed by atoms with E-state index in [0.717, 1.165) is 30.8 Å². The first-order valence-corrected chi connectivity index (χ1v) is 7.27. The number of nitrogen functional groups attached to an aromatic ring is 1. The number of carbonyl (C=O) groups is 1. The molecule has 0 radical (unpaired) electrons. The lowest BCUT2D eigenvalue weighted by atomic mass is 10.3. The van der Waals surface area contributed by atoms with Gasteiger partial charge in [0.1, 0.15) is 0 Å². The van der Waals surface area contributed by atoms with Crippen LogP contribution in [-0.4, -0.2) is 34.6 Å². The second-order valence-electron chi connectivity index (χ2n) is 4.08. The fourth-order valence-corrected chi connectivity index (χ4v) is 2.50. The number of pyridine rings is 1. The lowest BCUT2D eigenvalue weighted by molar-refractivity contribution is -0.128. The molecule has 0 aliphatic rings. The van der Waals surface area contributed by atoms with Gasteiger partial charge >= 0.3 is 0 Å². The summed E-state index contributed by atoms with van der Waals surface area (Å²) in [5, 5.41) is 0. The van der Waals surface area contributed by atoms with Crippen LogP contribution in [0.3, 0.4) is 0 Å². The lowest BCUT2D eigenvalue weighted by Crippen LogP contribution is -2.33. The van der Waals surface area contributed by atoms with Crippen LogP contribution in [0, 0.1) is 0 Å². The van der Waals surface area contributed by atoms with E-state index in [1.165, 1.54) is 11.8 Å². The normalized spacial score (nSPS) is 10.3. The Morgan fingerprint density at radius 3 is 2.61 bits per heavy atom. The molecular formula is C13H21N3OS. The Morgan fingerprint density at radius 2 is 2.06 bits per heavy atom. The van der Waals surface area contributed by atoms with Crippen LogP contribution in [-0.2, 0) is 4.79 Å². The highest BCUT2D eigenvalue weighted by molar-refractivity contribution is 8.00. The minimum Gasteiger partial charge on any atom is -0.397 e. The number of nitrogens with zero attached hydrogens (tertiary/aromatic N) is 2. The molecule has 18 heavy (non-hydrogen) atoms. The van der Waals surface area contributed by atoms with Crippen LogP contribution in [0.25, 0.3) is 0 Å². The van der Waals surface area contributed by atoms with Crippen molar-refractivity contribution in [2.24, 2.45) is 0 Å². The zero-order valence-corrected chi connectivity index (χ0v) is 11.9. The van der Waals surface area contributed by atoms with E-state index in [1.807, 2.05) is 11.0 Å². The van der Waals surface area contributed by atoms with Crippen LogP contribution in [0.1, 0.15) is 26.7 Å². The van der Waals surface area contributed by atoms with Gasteiger partial charge < -0.3 is 10.6 Å². The molecule has 0 fully saturated rings. The molecule has 0 spiro atoms. The molecule has 1 heterocycles. The fraction of sp³-hybridized carbons (Fsp3) is 0.538. The van der Waals surface area contributed by atoms with E-state index in [1.54, 1.807) is 12.4 Å². The van der Waals surface area contributed by atoms with Crippen molar-refractivity contribution < 1.29 is 4.79 Å². The summed E-state index contributed by atoms with van der Waals surface area (Å²) in [6.45, 7) is 5.84. The van der Waals surface area contributed by atoms with Crippen LogP contribution < -0.4 is 5.73 Å². The monoisotopic (exact) mass is 267 g/mol. The van der Waals surface area contributed by atoms with E-state index in [-0.39, 0.29) is 5.91 Å². The van der Waals surface area contributed by atoms with Gasteiger partial charge in [-0.3, -0.25) is 9.78 Å². The Hall–Kier alpha value is -1.23. The summed E-state index contributed by atoms with van der Waals surface area (Å²) < 4.78 is 0. The average molecular weight is 267 g/mol. The molecule has 0 aliphatic heterocycles. The molecule has 0 aliphatic carbocycles. The van der Waals surface area contributed by atoms with Crippen molar-refractivity contribution in [1.29, 1.82) is 0 Å². The summed E-state index contributed by atoms with van der Waals surface area (Å²) in [6, 6.07) is 1.84. The first-order chi connectivity index (χ1) is 8.69. The zero-order valence-electron chi connectivity index (χ0n) is 11.1. The first-order valence-electron chi connectivity index (χ1n) is 6.29. The van der Waals surface area contributed by atoms with E-state index in [9.17, 15) is 4.79 Å². The Bertz CT molecular complexity index is 378. The minimum atomic E-state index is 0.180. The zero-order chi connectivity index (χ0) is 13.4. The number of nitrogens with two attached hydrogens (primary N) is 1. The van der Waals surface area contributed by atoms with Gasteiger partial charge in [-0.2, -0.15) is 0 Å². The minimum absolute atomic E-state index is 0.180. The molecule has 4 nitrogen and oxygen atoms in total. The molecule has 0 bridgehead atoms. The predicted octanol–water partition coefficient (Wildman–Crippen LogP) is 2.40. The third-order valence-corrected chi connectivity index (χ3v) is 3.58. The Kier molecular flexibility index (Phi) is 6.57. The topological polar surface area (TPSA) is 59.2 Å². The van der Waals surface area contributed by atoms with Gasteiger partial charge in [-0.15, -0.1) is 11.8 Å². The van der Waals surface area contributed by atoms with Gasteiger partial charge in [0.05, 0.1) is 17.6 Å². The van der Waals surface area contributed by atoms with Gasteiger partial charge in [0.25, 0.3) is 0 Å². The van der Waals surface area contributed by atoms with Crippen LogP contribution in [0.4, 0.5) is 5.69 Å². The molecule has 0 saturated carbocycles. The van der Waals surface area contributed by atoms with E-state index < -0.39 is 0 Å². The number of hydrogen-bond donors (Lipinski definition) is 1. The van der Waals surface area contributed by atoms with Gasteiger partial charge in [-0.25, -0.2) is 0 Å². The summed E-state index contributed by atoms with van der Waals surface area (Å²) >= 11 is 1.48. The Labute approximate surface area is 113 Å². The summed E-state index contributed by atoms with van der Waals surface area (Å²) in [6.07, 6.45) is 5.29. The predicted molar refractivity (Wildman–Crippen MR) is 76.5 cm³/mol. The van der Waals surface area contributed by atoms with Crippen molar-refractivity contribution in [2.75, 3.05) is 24.6 Å². The highest BCUT2D eigenvalue weighted by Crippen LogP contribution is 2.23. The smallest absolute Gasteiger partial charge is 0.232 e. The molecule has 0 unspecified atom stereocenters. The van der Waals surface area contributed by atoms with Crippen molar-refractivity contribution in [3.05, 3.63) is 18.5 Å². The molecule has 1 aromatic rings. The Morgan fingerprint density at radius 1 is 1.39 bits per heavy atom. The van der Waals surface area contributed by atoms with Crippen LogP contribution in [0.15, 0.2) is 23.4 Å². The summed E-state index contributed by atoms with van der Waals surface area (Å²) in [7, 11) is 0. The number of thioether (sulfide) groups is 1. The molecule has 5 heteroatoms. The number of amides is 1. The van der Waals surface area contributed by atoms with Crippen molar-refractivity contribution in [2.45, 2.75) is 31.6 Å². The number of anilines is 1. The van der Waals surface area contributed by atoms with Gasteiger partial charge in [0.2, 0.25) is 5.91 Å². The summed E-state index contributed by atoms with van der Waals surface area (Å²) in [5.74, 6) is 0.619. The van der Waals surface area contributed by atoms with Crippen molar-refractivity contribution in [3.63, 3.8) is 0 Å². The van der Waals surface area contributed by atoms with E-state index in [2.05, 4.69) is 18.8 Å². The van der Waals surface area contributed by atoms with E-state index >= 15 is 0 Å². The van der Waals surface area contributed by atoms with E-state index in [4.69, 9.17) is 5.73 Å². The molecule has 1 amide bonds. The van der Waals surface area contributed by atoms with Crippen molar-refractivity contribution >= 4 is 23.4 Å². The number of aromatic nitrogens is 1. The highest BCUT2D eigenvalue weighted by atomic mass is 32.2. The second-order valence-corrected chi connectivity index (χ2v) is 5.10. The summed E-state index contributed by atoms with van der Waals surface area (Å²) in [5.41, 5.74) is 6.42. The van der Waals surface area contributed by atoms with Crippen LogP contribution in [0.5, 0.6) is 0 Å². The second kappa shape index (κ2) is 7.97. The average Bonchev–Trinajstić information content (AvgIpc) is 2.37. The van der Waals surface area contributed by atoms with Crippen LogP contribution >= 0.6 is 11.8 Å². The van der Waals surface area contributed by atoms with Gasteiger partial charge in [-0.1, -0.05) is 13.8 Å². The van der Waals surface area contributed by atoms with Crippen LogP contribution in [0.2, 0.25) is 0 Å². The summed E-state index contributed by atoms with van der Waals surface area (Å²) in [4.78, 5) is 18.8. The van der Waals surface area contributed by atoms with Gasteiger partial charge in [0.15, 0.2) is 0 Å². The molecule has 0 saturated heterocycles. The van der Waals surface area contributed by atoms with Crippen molar-refractivity contribution in [1.82, 2.24) is 9.88 Å². The number of carbonyl (C=O) groups excluding carboxylic acids is 1. The van der Waals surface area contributed by atoms with E-state index in [0.29, 0.717) is 11.4 Å². The Balaban J connectivity index is 2.51. The molecular weight excluding hydrogens is 246 g/mol. The molecule has 0 atom stereocenters. The van der Waals surface area contributed by atoms with Gasteiger partial charge in [0, 0.05) is 24.2 Å². The SMILES string of the molecule is CCCN(CCC)C(=O)CSc1ccncc1N. The number of hydrogen-bond acceptors (Lipinski definition) is 4. The maximum Gasteiger partial charge on any atom is 0.232 e. The fourth-order valence-electron chi connectivity index (χ4n) is 1.66. The molecule has 0 aromatic carbocycles. The quantitative estimate of drug-likeness (QED) is 0.771. The molecule has 2 N–H and O–H groups in total. The standard InChI is InChI=1S/C13H21N3OS/c1-3-7-16(8-4-2)13(17)10-18-12-5-6-15-9-11(12)14/h5-6,9H,3-4,7-8,10,14H2,1-2H3. The maximum atomic E-state index is 12.1. The van der Waals surface area contributed by atoms with Crippen molar-refractivity contribution in [3.8, 4) is 0 Å².